The topological polar surface area (TPSA) is 104 Å². The van der Waals surface area contributed by atoms with Gasteiger partial charge < -0.3 is 14.9 Å². The summed E-state index contributed by atoms with van der Waals surface area (Å²) in [6.07, 6.45) is 1.55. The molecule has 0 unspecified atom stereocenters. The van der Waals surface area contributed by atoms with E-state index in [2.05, 4.69) is 20.1 Å². The standard InChI is InChI=1S/C12H14N6O2/c1-12(2,3)20-11-15-9(13)18-10(16-11)14-8(17-18)7-5-4-6-19-7/h4-6H,1-3H3,(H2,13,14,15,16,17). The third-order valence-corrected chi connectivity index (χ3v) is 2.35. The molecule has 0 aromatic carbocycles. The van der Waals surface area contributed by atoms with Crippen LogP contribution in [0.1, 0.15) is 20.8 Å². The van der Waals surface area contributed by atoms with Crippen LogP contribution in [0.3, 0.4) is 0 Å². The average Bonchev–Trinajstić information content (AvgIpc) is 2.93. The number of ether oxygens (including phenoxy) is 1. The molecule has 8 nitrogen and oxygen atoms in total. The molecule has 0 aliphatic carbocycles. The van der Waals surface area contributed by atoms with Gasteiger partial charge in [-0.3, -0.25) is 0 Å². The van der Waals surface area contributed by atoms with E-state index in [1.807, 2.05) is 20.8 Å². The van der Waals surface area contributed by atoms with Gasteiger partial charge in [0.1, 0.15) is 5.60 Å². The van der Waals surface area contributed by atoms with Gasteiger partial charge in [0.15, 0.2) is 5.76 Å². The van der Waals surface area contributed by atoms with Crippen molar-refractivity contribution >= 4 is 11.7 Å². The van der Waals surface area contributed by atoms with Crippen LogP contribution in [0.4, 0.5) is 5.95 Å². The lowest BCUT2D eigenvalue weighted by Crippen LogP contribution is -2.24. The molecule has 0 atom stereocenters. The summed E-state index contributed by atoms with van der Waals surface area (Å²) in [5.41, 5.74) is 5.42. The minimum Gasteiger partial charge on any atom is -0.461 e. The van der Waals surface area contributed by atoms with E-state index >= 15 is 0 Å². The SMILES string of the molecule is CC(C)(C)Oc1nc(N)n2nc(-c3ccco3)nc2n1. The van der Waals surface area contributed by atoms with E-state index in [9.17, 15) is 0 Å². The monoisotopic (exact) mass is 274 g/mol. The maximum atomic E-state index is 5.84. The van der Waals surface area contributed by atoms with Crippen LogP contribution >= 0.6 is 0 Å². The van der Waals surface area contributed by atoms with Crippen LogP contribution in [0.25, 0.3) is 17.4 Å². The van der Waals surface area contributed by atoms with Crippen molar-refractivity contribution in [2.24, 2.45) is 0 Å². The predicted octanol–water partition coefficient (Wildman–Crippen LogP) is 1.54. The number of anilines is 1. The summed E-state index contributed by atoms with van der Waals surface area (Å²) in [7, 11) is 0. The Morgan fingerprint density at radius 1 is 1.25 bits per heavy atom. The molecule has 0 fully saturated rings. The second-order valence-electron chi connectivity index (χ2n) is 5.20. The summed E-state index contributed by atoms with van der Waals surface area (Å²) in [6.45, 7) is 5.69. The number of aromatic nitrogens is 5. The fourth-order valence-electron chi connectivity index (χ4n) is 1.62. The van der Waals surface area contributed by atoms with Gasteiger partial charge in [0.05, 0.1) is 6.26 Å². The first-order chi connectivity index (χ1) is 9.42. The summed E-state index contributed by atoms with van der Waals surface area (Å²) < 4.78 is 12.2. The lowest BCUT2D eigenvalue weighted by atomic mass is 10.2. The van der Waals surface area contributed by atoms with Crippen LogP contribution in [0.2, 0.25) is 0 Å². The molecule has 0 saturated heterocycles. The van der Waals surface area contributed by atoms with E-state index in [4.69, 9.17) is 14.9 Å². The molecule has 20 heavy (non-hydrogen) atoms. The molecule has 3 rings (SSSR count). The average molecular weight is 274 g/mol. The van der Waals surface area contributed by atoms with Crippen molar-refractivity contribution < 1.29 is 9.15 Å². The summed E-state index contributed by atoms with van der Waals surface area (Å²) in [4.78, 5) is 12.5. The van der Waals surface area contributed by atoms with Crippen molar-refractivity contribution in [2.75, 3.05) is 5.73 Å². The van der Waals surface area contributed by atoms with E-state index < -0.39 is 5.60 Å². The summed E-state index contributed by atoms with van der Waals surface area (Å²) >= 11 is 0. The van der Waals surface area contributed by atoms with Crippen LogP contribution in [-0.4, -0.2) is 30.2 Å². The van der Waals surface area contributed by atoms with Gasteiger partial charge in [0.2, 0.25) is 11.8 Å². The highest BCUT2D eigenvalue weighted by atomic mass is 16.5. The molecule has 0 aliphatic rings. The molecule has 0 amide bonds. The number of hydrogen-bond donors (Lipinski definition) is 1. The van der Waals surface area contributed by atoms with Gasteiger partial charge in [-0.15, -0.1) is 5.10 Å². The molecule has 0 radical (unpaired) electrons. The largest absolute Gasteiger partial charge is 0.461 e. The van der Waals surface area contributed by atoms with Crippen molar-refractivity contribution in [3.8, 4) is 17.6 Å². The van der Waals surface area contributed by atoms with Crippen molar-refractivity contribution in [3.63, 3.8) is 0 Å². The fraction of sp³-hybridized carbons (Fsp3) is 0.333. The highest BCUT2D eigenvalue weighted by Gasteiger charge is 2.18. The number of nitrogens with two attached hydrogens (primary N) is 1. The van der Waals surface area contributed by atoms with Crippen LogP contribution < -0.4 is 10.5 Å². The van der Waals surface area contributed by atoms with E-state index in [0.29, 0.717) is 17.4 Å². The number of hydrogen-bond acceptors (Lipinski definition) is 7. The molecule has 104 valence electrons. The highest BCUT2D eigenvalue weighted by Crippen LogP contribution is 2.19. The predicted molar refractivity (Wildman–Crippen MR) is 71.1 cm³/mol. The zero-order valence-corrected chi connectivity index (χ0v) is 11.4. The molecule has 3 heterocycles. The number of rotatable bonds is 2. The van der Waals surface area contributed by atoms with Gasteiger partial charge in [-0.2, -0.15) is 19.5 Å². The highest BCUT2D eigenvalue weighted by molar-refractivity contribution is 5.51. The summed E-state index contributed by atoms with van der Waals surface area (Å²) in [5.74, 6) is 1.39. The van der Waals surface area contributed by atoms with Crippen LogP contribution in [-0.2, 0) is 0 Å². The minimum atomic E-state index is -0.422. The third kappa shape index (κ3) is 2.27. The zero-order chi connectivity index (χ0) is 14.3. The smallest absolute Gasteiger partial charge is 0.323 e. The van der Waals surface area contributed by atoms with Crippen molar-refractivity contribution in [3.05, 3.63) is 18.4 Å². The molecular formula is C12H14N6O2. The van der Waals surface area contributed by atoms with Crippen LogP contribution in [0.15, 0.2) is 22.8 Å². The Balaban J connectivity index is 2.08. The Labute approximate surface area is 114 Å². The van der Waals surface area contributed by atoms with Crippen molar-refractivity contribution in [2.45, 2.75) is 26.4 Å². The summed E-state index contributed by atoms with van der Waals surface area (Å²) in [6, 6.07) is 3.68. The van der Waals surface area contributed by atoms with E-state index in [1.54, 1.807) is 18.4 Å². The Morgan fingerprint density at radius 2 is 2.05 bits per heavy atom. The molecule has 2 N–H and O–H groups in total. The maximum Gasteiger partial charge on any atom is 0.323 e. The number of nitrogen functional groups attached to an aromatic ring is 1. The number of furan rings is 1. The van der Waals surface area contributed by atoms with Gasteiger partial charge in [-0.1, -0.05) is 0 Å². The maximum absolute atomic E-state index is 5.84. The minimum absolute atomic E-state index is 0.152. The van der Waals surface area contributed by atoms with Gasteiger partial charge in [0.25, 0.3) is 5.78 Å². The number of fused-ring (bicyclic) bond motifs is 1. The van der Waals surface area contributed by atoms with E-state index in [-0.39, 0.29) is 12.0 Å². The lowest BCUT2D eigenvalue weighted by Gasteiger charge is -2.19. The third-order valence-electron chi connectivity index (χ3n) is 2.35. The summed E-state index contributed by atoms with van der Waals surface area (Å²) in [5, 5.41) is 4.20. The molecule has 3 aromatic rings. The van der Waals surface area contributed by atoms with Gasteiger partial charge in [0, 0.05) is 0 Å². The zero-order valence-electron chi connectivity index (χ0n) is 11.4. The number of nitrogens with zero attached hydrogens (tertiary/aromatic N) is 5. The van der Waals surface area contributed by atoms with Gasteiger partial charge in [-0.05, 0) is 32.9 Å². The first-order valence-corrected chi connectivity index (χ1v) is 6.05. The van der Waals surface area contributed by atoms with Gasteiger partial charge in [-0.25, -0.2) is 0 Å². The first-order valence-electron chi connectivity index (χ1n) is 6.05. The molecule has 0 aliphatic heterocycles. The Bertz CT molecular complexity index is 741. The van der Waals surface area contributed by atoms with Crippen molar-refractivity contribution in [1.29, 1.82) is 0 Å². The Morgan fingerprint density at radius 3 is 2.70 bits per heavy atom. The Hall–Kier alpha value is -2.64. The molecular weight excluding hydrogens is 260 g/mol. The van der Waals surface area contributed by atoms with E-state index in [0.717, 1.165) is 0 Å². The van der Waals surface area contributed by atoms with E-state index in [1.165, 1.54) is 4.52 Å². The molecule has 0 bridgehead atoms. The van der Waals surface area contributed by atoms with Crippen LogP contribution in [0, 0.1) is 0 Å². The second kappa shape index (κ2) is 4.19. The molecule has 8 heteroatoms. The Kier molecular flexibility index (Phi) is 2.60. The lowest BCUT2D eigenvalue weighted by molar-refractivity contribution is 0.117. The molecule has 0 saturated carbocycles. The molecule has 3 aromatic heterocycles. The quantitative estimate of drug-likeness (QED) is 0.755. The first kappa shape index (κ1) is 12.4. The second-order valence-corrected chi connectivity index (χ2v) is 5.20. The van der Waals surface area contributed by atoms with Crippen molar-refractivity contribution in [1.82, 2.24) is 24.6 Å². The molecule has 0 spiro atoms. The van der Waals surface area contributed by atoms with Crippen LogP contribution in [0.5, 0.6) is 6.01 Å². The fourth-order valence-corrected chi connectivity index (χ4v) is 1.62. The normalized spacial score (nSPS) is 11.9. The van der Waals surface area contributed by atoms with Gasteiger partial charge >= 0.3 is 6.01 Å².